The van der Waals surface area contributed by atoms with Gasteiger partial charge in [0, 0.05) is 32.8 Å². The number of aliphatic imine (C=N–C) groups is 1. The van der Waals surface area contributed by atoms with Crippen LogP contribution in [-0.4, -0.2) is 62.5 Å². The molecule has 5 nitrogen and oxygen atoms in total. The molecule has 1 atom stereocenters. The Labute approximate surface area is 167 Å². The molecule has 2 aliphatic rings. The van der Waals surface area contributed by atoms with Gasteiger partial charge >= 0.3 is 0 Å². The fourth-order valence-corrected chi connectivity index (χ4v) is 4.30. The summed E-state index contributed by atoms with van der Waals surface area (Å²) in [6.45, 7) is 16.9. The summed E-state index contributed by atoms with van der Waals surface area (Å²) in [5.41, 5.74) is 0.246. The van der Waals surface area contributed by atoms with Crippen molar-refractivity contribution in [2.45, 2.75) is 85.4 Å². The molecule has 2 fully saturated rings. The van der Waals surface area contributed by atoms with Crippen LogP contribution in [0.15, 0.2) is 4.99 Å². The normalized spacial score (nSPS) is 23.1. The molecule has 27 heavy (non-hydrogen) atoms. The van der Waals surface area contributed by atoms with Crippen molar-refractivity contribution in [1.82, 2.24) is 10.2 Å². The summed E-state index contributed by atoms with van der Waals surface area (Å²) in [6.07, 6.45) is 7.68. The van der Waals surface area contributed by atoms with E-state index in [1.165, 1.54) is 19.3 Å². The molecule has 0 radical (unpaired) electrons. The lowest BCUT2D eigenvalue weighted by molar-refractivity contribution is -0.0721. The van der Waals surface area contributed by atoms with Gasteiger partial charge in [0.05, 0.1) is 18.8 Å². The zero-order valence-electron chi connectivity index (χ0n) is 18.4. The zero-order valence-corrected chi connectivity index (χ0v) is 18.4. The van der Waals surface area contributed by atoms with Crippen LogP contribution in [0.2, 0.25) is 0 Å². The van der Waals surface area contributed by atoms with E-state index < -0.39 is 0 Å². The molecule has 1 N–H and O–H groups in total. The van der Waals surface area contributed by atoms with E-state index in [1.807, 2.05) is 0 Å². The van der Waals surface area contributed by atoms with Gasteiger partial charge in [0.2, 0.25) is 0 Å². The summed E-state index contributed by atoms with van der Waals surface area (Å²) in [5.74, 6) is 1.78. The molecular formula is C22H43N3O2. The minimum Gasteiger partial charge on any atom is -0.376 e. The van der Waals surface area contributed by atoms with E-state index in [2.05, 4.69) is 44.8 Å². The van der Waals surface area contributed by atoms with Crippen LogP contribution in [0.25, 0.3) is 0 Å². The molecule has 0 spiro atoms. The van der Waals surface area contributed by atoms with Crippen LogP contribution in [0.5, 0.6) is 0 Å². The Balaban J connectivity index is 1.78. The van der Waals surface area contributed by atoms with E-state index in [1.54, 1.807) is 0 Å². The molecule has 1 unspecified atom stereocenters. The second-order valence-electron chi connectivity index (χ2n) is 9.44. The van der Waals surface area contributed by atoms with Gasteiger partial charge in [0.1, 0.15) is 0 Å². The van der Waals surface area contributed by atoms with Gasteiger partial charge < -0.3 is 19.7 Å². The number of nitrogens with one attached hydrogen (secondary N) is 1. The molecular weight excluding hydrogens is 338 g/mol. The number of rotatable bonds is 8. The second kappa shape index (κ2) is 11.3. The highest BCUT2D eigenvalue weighted by molar-refractivity contribution is 5.80. The van der Waals surface area contributed by atoms with Crippen LogP contribution < -0.4 is 5.32 Å². The molecule has 158 valence electrons. The van der Waals surface area contributed by atoms with E-state index in [9.17, 15) is 0 Å². The van der Waals surface area contributed by atoms with Crippen molar-refractivity contribution in [3.63, 3.8) is 0 Å². The van der Waals surface area contributed by atoms with Crippen LogP contribution in [0.1, 0.15) is 73.1 Å². The number of hydrogen-bond donors (Lipinski definition) is 1. The third-order valence-corrected chi connectivity index (χ3v) is 5.49. The van der Waals surface area contributed by atoms with Gasteiger partial charge in [-0.25, -0.2) is 0 Å². The maximum absolute atomic E-state index is 6.16. The van der Waals surface area contributed by atoms with E-state index in [-0.39, 0.29) is 5.41 Å². The minimum absolute atomic E-state index is 0.246. The Morgan fingerprint density at radius 1 is 1.22 bits per heavy atom. The molecule has 2 aliphatic heterocycles. The first kappa shape index (κ1) is 22.5. The molecule has 0 aliphatic carbocycles. The van der Waals surface area contributed by atoms with Gasteiger partial charge in [0.25, 0.3) is 0 Å². The lowest BCUT2D eigenvalue weighted by Gasteiger charge is -2.35. The first-order chi connectivity index (χ1) is 12.9. The Morgan fingerprint density at radius 2 is 1.96 bits per heavy atom. The molecule has 0 aromatic carbocycles. The number of piperidine rings is 1. The topological polar surface area (TPSA) is 46.1 Å². The summed E-state index contributed by atoms with van der Waals surface area (Å²) in [4.78, 5) is 7.39. The summed E-state index contributed by atoms with van der Waals surface area (Å²) in [7, 11) is 0. The first-order valence-corrected chi connectivity index (χ1v) is 11.2. The monoisotopic (exact) mass is 381 g/mol. The summed E-state index contributed by atoms with van der Waals surface area (Å²) < 4.78 is 11.9. The van der Waals surface area contributed by atoms with Gasteiger partial charge in [-0.05, 0) is 56.8 Å². The van der Waals surface area contributed by atoms with Crippen LogP contribution in [0, 0.1) is 11.3 Å². The molecule has 0 bridgehead atoms. The number of nitrogens with zero attached hydrogens (tertiary/aromatic N) is 2. The van der Waals surface area contributed by atoms with Crippen LogP contribution in [0.4, 0.5) is 0 Å². The van der Waals surface area contributed by atoms with Crippen molar-refractivity contribution < 1.29 is 9.47 Å². The van der Waals surface area contributed by atoms with Crippen molar-refractivity contribution >= 4 is 5.96 Å². The Morgan fingerprint density at radius 3 is 2.56 bits per heavy atom. The maximum Gasteiger partial charge on any atom is 0.193 e. The van der Waals surface area contributed by atoms with E-state index >= 15 is 0 Å². The molecule has 5 heteroatoms. The predicted molar refractivity (Wildman–Crippen MR) is 113 cm³/mol. The predicted octanol–water partition coefficient (Wildman–Crippen LogP) is 4.07. The average Bonchev–Trinajstić information content (AvgIpc) is 2.64. The fourth-order valence-electron chi connectivity index (χ4n) is 4.30. The van der Waals surface area contributed by atoms with Crippen LogP contribution in [0.3, 0.4) is 0 Å². The zero-order chi connectivity index (χ0) is 19.7. The third-order valence-electron chi connectivity index (χ3n) is 5.49. The van der Waals surface area contributed by atoms with Crippen LogP contribution in [-0.2, 0) is 9.47 Å². The Kier molecular flexibility index (Phi) is 9.37. The van der Waals surface area contributed by atoms with Crippen molar-refractivity contribution in [3.05, 3.63) is 0 Å². The van der Waals surface area contributed by atoms with E-state index in [0.717, 1.165) is 64.6 Å². The summed E-state index contributed by atoms with van der Waals surface area (Å²) in [6, 6.07) is 0. The van der Waals surface area contributed by atoms with Gasteiger partial charge in [-0.2, -0.15) is 0 Å². The highest BCUT2D eigenvalue weighted by Gasteiger charge is 2.25. The molecule has 0 saturated carbocycles. The van der Waals surface area contributed by atoms with Gasteiger partial charge in [0.15, 0.2) is 5.96 Å². The minimum atomic E-state index is 0.246. The highest BCUT2D eigenvalue weighted by Crippen LogP contribution is 2.26. The Bertz CT molecular complexity index is 437. The molecule has 0 aromatic heterocycles. The highest BCUT2D eigenvalue weighted by atomic mass is 16.5. The molecule has 2 saturated heterocycles. The van der Waals surface area contributed by atoms with Gasteiger partial charge in [-0.1, -0.05) is 27.7 Å². The van der Waals surface area contributed by atoms with Gasteiger partial charge in [-0.15, -0.1) is 0 Å². The Hall–Kier alpha value is -0.810. The van der Waals surface area contributed by atoms with E-state index in [4.69, 9.17) is 14.5 Å². The number of hydrogen-bond acceptors (Lipinski definition) is 3. The second-order valence-corrected chi connectivity index (χ2v) is 9.44. The molecule has 2 heterocycles. The van der Waals surface area contributed by atoms with Crippen molar-refractivity contribution in [2.24, 2.45) is 16.3 Å². The largest absolute Gasteiger partial charge is 0.376 e. The smallest absolute Gasteiger partial charge is 0.193 e. The van der Waals surface area contributed by atoms with Crippen molar-refractivity contribution in [1.29, 1.82) is 0 Å². The first-order valence-electron chi connectivity index (χ1n) is 11.2. The number of likely N-dealkylation sites (tertiary alicyclic amines) is 1. The SMILES string of the molecule is CCNC(=NCC(C)(C)CC(C)C)N1CCC(OCC2CCCCO2)CC1. The molecule has 0 aromatic rings. The quantitative estimate of drug-likeness (QED) is 0.508. The average molecular weight is 382 g/mol. The lowest BCUT2D eigenvalue weighted by atomic mass is 9.84. The number of guanidine groups is 1. The molecule has 0 amide bonds. The third kappa shape index (κ3) is 8.39. The molecule has 2 rings (SSSR count). The van der Waals surface area contributed by atoms with Crippen LogP contribution >= 0.6 is 0 Å². The summed E-state index contributed by atoms with van der Waals surface area (Å²) >= 11 is 0. The van der Waals surface area contributed by atoms with Crippen molar-refractivity contribution in [2.75, 3.05) is 39.4 Å². The fraction of sp³-hybridized carbons (Fsp3) is 0.955. The standard InChI is InChI=1S/C22H43N3O2/c1-6-23-21(24-17-22(4,5)15-18(2)3)25-12-10-19(11-13-25)27-16-20-9-7-8-14-26-20/h18-20H,6-17H2,1-5H3,(H,23,24). The maximum atomic E-state index is 6.16. The van der Waals surface area contributed by atoms with E-state index in [0.29, 0.717) is 18.1 Å². The number of ether oxygens (including phenoxy) is 2. The lowest BCUT2D eigenvalue weighted by Crippen LogP contribution is -2.47. The summed E-state index contributed by atoms with van der Waals surface area (Å²) in [5, 5.41) is 3.49. The van der Waals surface area contributed by atoms with Gasteiger partial charge in [-0.3, -0.25) is 4.99 Å². The van der Waals surface area contributed by atoms with Crippen molar-refractivity contribution in [3.8, 4) is 0 Å².